The first-order chi connectivity index (χ1) is 15.5. The van der Waals surface area contributed by atoms with E-state index in [1.165, 1.54) is 28.9 Å². The summed E-state index contributed by atoms with van der Waals surface area (Å²) in [6.07, 6.45) is 4.36. The molecule has 0 fully saturated rings. The zero-order valence-corrected chi connectivity index (χ0v) is 21.1. The van der Waals surface area contributed by atoms with Gasteiger partial charge in [0.2, 0.25) is 5.13 Å². The van der Waals surface area contributed by atoms with E-state index in [-0.39, 0.29) is 5.91 Å². The topological polar surface area (TPSA) is 64.1 Å². The van der Waals surface area contributed by atoms with Crippen LogP contribution in [0.3, 0.4) is 0 Å². The van der Waals surface area contributed by atoms with Gasteiger partial charge in [-0.05, 0) is 31.0 Å². The molecule has 0 aliphatic carbocycles. The number of ether oxygens (including phenoxy) is 1. The first kappa shape index (κ1) is 24.8. The quantitative estimate of drug-likeness (QED) is 0.163. The molecule has 1 aromatic heterocycles. The Hall–Kier alpha value is -1.80. The maximum atomic E-state index is 12.7. The van der Waals surface area contributed by atoms with Crippen molar-refractivity contribution in [1.82, 2.24) is 10.2 Å². The van der Waals surface area contributed by atoms with Crippen LogP contribution >= 0.6 is 46.3 Å². The summed E-state index contributed by atoms with van der Waals surface area (Å²) in [4.78, 5) is 12.7. The molecule has 32 heavy (non-hydrogen) atoms. The number of aryl methyl sites for hydroxylation is 1. The lowest BCUT2D eigenvalue weighted by atomic mass is 10.2. The Morgan fingerprint density at radius 2 is 1.91 bits per heavy atom. The maximum Gasteiger partial charge on any atom is 0.257 e. The summed E-state index contributed by atoms with van der Waals surface area (Å²) < 4.78 is 6.50. The number of benzene rings is 2. The van der Waals surface area contributed by atoms with Gasteiger partial charge in [-0.25, -0.2) is 0 Å². The first-order valence-corrected chi connectivity index (χ1v) is 13.0. The molecule has 3 aromatic rings. The number of carbonyl (C=O) groups is 1. The number of anilines is 1. The minimum atomic E-state index is -0.352. The van der Waals surface area contributed by atoms with Crippen LogP contribution in [0.15, 0.2) is 40.7 Å². The van der Waals surface area contributed by atoms with Gasteiger partial charge in [-0.3, -0.25) is 10.1 Å². The van der Waals surface area contributed by atoms with Crippen LogP contribution in [-0.4, -0.2) is 22.7 Å². The van der Waals surface area contributed by atoms with Crippen LogP contribution in [-0.2, 0) is 5.75 Å². The van der Waals surface area contributed by atoms with Gasteiger partial charge in [0, 0.05) is 11.3 Å². The molecule has 0 radical (unpaired) electrons. The van der Waals surface area contributed by atoms with E-state index in [9.17, 15) is 4.79 Å². The number of rotatable bonds is 11. The van der Waals surface area contributed by atoms with E-state index >= 15 is 0 Å². The van der Waals surface area contributed by atoms with Crippen LogP contribution in [0.25, 0.3) is 0 Å². The van der Waals surface area contributed by atoms with Gasteiger partial charge < -0.3 is 4.74 Å². The molecule has 1 N–H and O–H groups in total. The zero-order valence-electron chi connectivity index (χ0n) is 18.0. The molecule has 0 atom stereocenters. The van der Waals surface area contributed by atoms with Crippen molar-refractivity contribution in [2.45, 2.75) is 49.6 Å². The molecule has 170 valence electrons. The van der Waals surface area contributed by atoms with Crippen molar-refractivity contribution in [3.05, 3.63) is 63.1 Å². The zero-order chi connectivity index (χ0) is 22.9. The van der Waals surface area contributed by atoms with Gasteiger partial charge in [-0.1, -0.05) is 102 Å². The van der Waals surface area contributed by atoms with Gasteiger partial charge in [0.15, 0.2) is 10.1 Å². The van der Waals surface area contributed by atoms with Crippen LogP contribution in [0.4, 0.5) is 5.13 Å². The van der Waals surface area contributed by atoms with E-state index in [4.69, 9.17) is 27.9 Å². The summed E-state index contributed by atoms with van der Waals surface area (Å²) in [7, 11) is 0. The Bertz CT molecular complexity index is 1040. The largest absolute Gasteiger partial charge is 0.490 e. The Labute approximate surface area is 206 Å². The third-order valence-corrected chi connectivity index (χ3v) is 7.18. The SMILES string of the molecule is CCCCCCOc1c(Cl)cc(C(=O)Nc2nnc(SCc3cccc(C)c3)s2)cc1Cl. The summed E-state index contributed by atoms with van der Waals surface area (Å²) in [6, 6.07) is 11.4. The molecular weight excluding hydrogens is 485 g/mol. The van der Waals surface area contributed by atoms with Gasteiger partial charge in [0.05, 0.1) is 16.7 Å². The fourth-order valence-electron chi connectivity index (χ4n) is 2.97. The van der Waals surface area contributed by atoms with Gasteiger partial charge in [0.25, 0.3) is 5.91 Å². The summed E-state index contributed by atoms with van der Waals surface area (Å²) in [5.74, 6) is 0.844. The molecule has 0 aliphatic rings. The van der Waals surface area contributed by atoms with Crippen molar-refractivity contribution in [3.8, 4) is 5.75 Å². The van der Waals surface area contributed by atoms with Crippen molar-refractivity contribution in [2.75, 3.05) is 11.9 Å². The van der Waals surface area contributed by atoms with E-state index in [0.717, 1.165) is 29.4 Å². The average molecular weight is 511 g/mol. The Morgan fingerprint density at radius 1 is 1.12 bits per heavy atom. The minimum absolute atomic E-state index is 0.310. The van der Waals surface area contributed by atoms with Gasteiger partial charge in [-0.15, -0.1) is 10.2 Å². The molecule has 0 bridgehead atoms. The molecule has 1 amide bonds. The number of amides is 1. The van der Waals surface area contributed by atoms with E-state index in [2.05, 4.69) is 47.6 Å². The second kappa shape index (κ2) is 12.4. The van der Waals surface area contributed by atoms with Crippen molar-refractivity contribution in [2.24, 2.45) is 0 Å². The van der Waals surface area contributed by atoms with E-state index in [1.54, 1.807) is 23.9 Å². The molecule has 3 rings (SSSR count). The summed E-state index contributed by atoms with van der Waals surface area (Å²) in [6.45, 7) is 4.77. The number of carbonyl (C=O) groups excluding carboxylic acids is 1. The molecular formula is C23H25Cl2N3O2S2. The third-order valence-electron chi connectivity index (χ3n) is 4.58. The fourth-order valence-corrected chi connectivity index (χ4v) is 5.25. The van der Waals surface area contributed by atoms with E-state index in [0.29, 0.717) is 33.1 Å². The lowest BCUT2D eigenvalue weighted by Crippen LogP contribution is -2.12. The van der Waals surface area contributed by atoms with Gasteiger partial charge >= 0.3 is 0 Å². The summed E-state index contributed by atoms with van der Waals surface area (Å²) >= 11 is 15.5. The van der Waals surface area contributed by atoms with Crippen LogP contribution in [0.5, 0.6) is 5.75 Å². The van der Waals surface area contributed by atoms with Crippen molar-refractivity contribution < 1.29 is 9.53 Å². The predicted molar refractivity (Wildman–Crippen MR) is 135 cm³/mol. The van der Waals surface area contributed by atoms with Crippen LogP contribution in [0, 0.1) is 6.92 Å². The Kier molecular flexibility index (Phi) is 9.66. The van der Waals surface area contributed by atoms with Gasteiger partial charge in [0.1, 0.15) is 0 Å². The van der Waals surface area contributed by atoms with Crippen molar-refractivity contribution in [1.29, 1.82) is 0 Å². The number of nitrogens with zero attached hydrogens (tertiary/aromatic N) is 2. The average Bonchev–Trinajstić information content (AvgIpc) is 3.21. The molecule has 5 nitrogen and oxygen atoms in total. The minimum Gasteiger partial charge on any atom is -0.490 e. The number of thioether (sulfide) groups is 1. The highest BCUT2D eigenvalue weighted by molar-refractivity contribution is 8.00. The number of nitrogens with one attached hydrogen (secondary N) is 1. The molecule has 0 saturated heterocycles. The predicted octanol–water partition coefficient (Wildman–Crippen LogP) is 7.66. The lowest BCUT2D eigenvalue weighted by Gasteiger charge is -2.11. The maximum absolute atomic E-state index is 12.7. The molecule has 9 heteroatoms. The monoisotopic (exact) mass is 509 g/mol. The Morgan fingerprint density at radius 3 is 2.62 bits per heavy atom. The molecule has 2 aromatic carbocycles. The van der Waals surface area contributed by atoms with Gasteiger partial charge in [-0.2, -0.15) is 0 Å². The van der Waals surface area contributed by atoms with E-state index < -0.39 is 0 Å². The first-order valence-electron chi connectivity index (χ1n) is 10.4. The summed E-state index contributed by atoms with van der Waals surface area (Å²) in [5.41, 5.74) is 2.77. The number of hydrogen-bond acceptors (Lipinski definition) is 6. The number of aromatic nitrogens is 2. The van der Waals surface area contributed by atoms with Crippen LogP contribution in [0.1, 0.15) is 54.1 Å². The lowest BCUT2D eigenvalue weighted by molar-refractivity contribution is 0.102. The molecule has 0 saturated carbocycles. The third kappa shape index (κ3) is 7.37. The highest BCUT2D eigenvalue weighted by Crippen LogP contribution is 2.35. The normalized spacial score (nSPS) is 10.9. The molecule has 1 heterocycles. The fraction of sp³-hybridized carbons (Fsp3) is 0.348. The molecule has 0 spiro atoms. The summed E-state index contributed by atoms with van der Waals surface area (Å²) in [5, 5.41) is 12.0. The van der Waals surface area contributed by atoms with Crippen molar-refractivity contribution in [3.63, 3.8) is 0 Å². The Balaban J connectivity index is 1.56. The highest BCUT2D eigenvalue weighted by atomic mass is 35.5. The van der Waals surface area contributed by atoms with Crippen LogP contribution in [0.2, 0.25) is 10.0 Å². The highest BCUT2D eigenvalue weighted by Gasteiger charge is 2.16. The second-order valence-corrected chi connectivity index (χ2v) is 10.3. The number of halogens is 2. The number of hydrogen-bond donors (Lipinski definition) is 1. The molecule has 0 aliphatic heterocycles. The molecule has 0 unspecified atom stereocenters. The second-order valence-electron chi connectivity index (χ2n) is 7.28. The van der Waals surface area contributed by atoms with E-state index in [1.807, 2.05) is 6.07 Å². The van der Waals surface area contributed by atoms with Crippen molar-refractivity contribution >= 4 is 57.3 Å². The number of unbranched alkanes of at least 4 members (excludes halogenated alkanes) is 3. The van der Waals surface area contributed by atoms with Crippen LogP contribution < -0.4 is 10.1 Å². The standard InChI is InChI=1S/C23H25Cl2N3O2S2/c1-3-4-5-6-10-30-20-18(24)12-17(13-19(20)25)21(29)26-22-27-28-23(32-22)31-14-16-9-7-8-15(2)11-16/h7-9,11-13H,3-6,10,14H2,1-2H3,(H,26,27,29). The smallest absolute Gasteiger partial charge is 0.257 e.